The maximum Gasteiger partial charge on any atom is 0.120 e. The highest BCUT2D eigenvalue weighted by Gasteiger charge is 2.33. The number of likely N-dealkylation sites (tertiary alicyclic amines) is 2. The van der Waals surface area contributed by atoms with Crippen molar-refractivity contribution >= 4 is 11.6 Å². The van der Waals surface area contributed by atoms with Crippen molar-refractivity contribution in [1.82, 2.24) is 9.80 Å². The SMILES string of the molecule is OC1(COc2cccc(Cl)c2)CCN(Cc2ccc(OCCN3CCCC3)cc2)CC1. The molecule has 5 nitrogen and oxygen atoms in total. The van der Waals surface area contributed by atoms with Crippen LogP contribution in [0.25, 0.3) is 0 Å². The van der Waals surface area contributed by atoms with Crippen LogP contribution in [-0.4, -0.2) is 66.4 Å². The minimum atomic E-state index is -0.786. The molecule has 2 aromatic carbocycles. The van der Waals surface area contributed by atoms with Gasteiger partial charge in [-0.25, -0.2) is 0 Å². The van der Waals surface area contributed by atoms with E-state index in [-0.39, 0.29) is 0 Å². The third kappa shape index (κ3) is 6.84. The Labute approximate surface area is 190 Å². The number of nitrogens with zero attached hydrogens (tertiary/aromatic N) is 2. The van der Waals surface area contributed by atoms with Crippen LogP contribution in [0.4, 0.5) is 0 Å². The number of hydrogen-bond donors (Lipinski definition) is 1. The quantitative estimate of drug-likeness (QED) is 0.627. The Morgan fingerprint density at radius 1 is 0.871 bits per heavy atom. The van der Waals surface area contributed by atoms with Gasteiger partial charge in [0.1, 0.15) is 30.3 Å². The minimum absolute atomic E-state index is 0.296. The normalized spacial score (nSPS) is 19.4. The fraction of sp³-hybridized carbons (Fsp3) is 0.520. The lowest BCUT2D eigenvalue weighted by Crippen LogP contribution is -2.47. The lowest BCUT2D eigenvalue weighted by atomic mass is 9.92. The van der Waals surface area contributed by atoms with Crippen molar-refractivity contribution in [2.75, 3.05) is 45.9 Å². The summed E-state index contributed by atoms with van der Waals surface area (Å²) in [5.41, 5.74) is 0.485. The van der Waals surface area contributed by atoms with E-state index in [9.17, 15) is 5.11 Å². The van der Waals surface area contributed by atoms with Crippen molar-refractivity contribution in [1.29, 1.82) is 0 Å². The zero-order valence-electron chi connectivity index (χ0n) is 18.1. The van der Waals surface area contributed by atoms with Gasteiger partial charge in [0.2, 0.25) is 0 Å². The molecule has 31 heavy (non-hydrogen) atoms. The standard InChI is InChI=1S/C25H33ClN2O3/c26-22-4-3-5-24(18-22)31-20-25(29)10-14-28(15-11-25)19-21-6-8-23(9-7-21)30-17-16-27-12-1-2-13-27/h3-9,18,29H,1-2,10-17,19-20H2. The molecule has 2 aromatic rings. The first-order valence-corrected chi connectivity index (χ1v) is 11.7. The van der Waals surface area contributed by atoms with Crippen molar-refractivity contribution in [2.24, 2.45) is 0 Å². The fourth-order valence-corrected chi connectivity index (χ4v) is 4.47. The summed E-state index contributed by atoms with van der Waals surface area (Å²) in [6, 6.07) is 15.7. The number of hydrogen-bond acceptors (Lipinski definition) is 5. The van der Waals surface area contributed by atoms with Crippen LogP contribution in [0.2, 0.25) is 5.02 Å². The van der Waals surface area contributed by atoms with E-state index in [0.717, 1.165) is 38.5 Å². The minimum Gasteiger partial charge on any atom is -0.492 e. The van der Waals surface area contributed by atoms with E-state index < -0.39 is 5.60 Å². The number of aliphatic hydroxyl groups is 1. The van der Waals surface area contributed by atoms with Gasteiger partial charge < -0.3 is 14.6 Å². The summed E-state index contributed by atoms with van der Waals surface area (Å²) in [5, 5.41) is 11.5. The molecule has 0 atom stereocenters. The van der Waals surface area contributed by atoms with E-state index in [2.05, 4.69) is 34.1 Å². The predicted octanol–water partition coefficient (Wildman–Crippen LogP) is 4.22. The van der Waals surface area contributed by atoms with Gasteiger partial charge in [0, 0.05) is 31.2 Å². The van der Waals surface area contributed by atoms with Crippen molar-refractivity contribution in [3.8, 4) is 11.5 Å². The number of piperidine rings is 1. The molecule has 1 N–H and O–H groups in total. The van der Waals surface area contributed by atoms with Gasteiger partial charge in [0.15, 0.2) is 0 Å². The molecule has 4 rings (SSSR count). The summed E-state index contributed by atoms with van der Waals surface area (Å²) in [6.45, 7) is 7.07. The smallest absolute Gasteiger partial charge is 0.120 e. The third-order valence-electron chi connectivity index (χ3n) is 6.29. The van der Waals surface area contributed by atoms with Crippen LogP contribution >= 0.6 is 11.6 Å². The zero-order chi connectivity index (χ0) is 21.5. The largest absolute Gasteiger partial charge is 0.492 e. The topological polar surface area (TPSA) is 45.2 Å². The Bertz CT molecular complexity index is 816. The number of halogens is 1. The third-order valence-corrected chi connectivity index (χ3v) is 6.53. The molecular weight excluding hydrogens is 412 g/mol. The summed E-state index contributed by atoms with van der Waals surface area (Å²) in [5.74, 6) is 1.64. The molecule has 0 unspecified atom stereocenters. The molecule has 2 aliphatic rings. The van der Waals surface area contributed by atoms with Gasteiger partial charge in [-0.2, -0.15) is 0 Å². The molecule has 2 saturated heterocycles. The molecule has 2 aliphatic heterocycles. The van der Waals surface area contributed by atoms with Crippen LogP contribution in [0, 0.1) is 0 Å². The second-order valence-electron chi connectivity index (χ2n) is 8.79. The van der Waals surface area contributed by atoms with E-state index in [1.165, 1.54) is 31.5 Å². The molecule has 0 aliphatic carbocycles. The molecule has 0 bridgehead atoms. The number of benzene rings is 2. The van der Waals surface area contributed by atoms with Gasteiger partial charge in [0.05, 0.1) is 0 Å². The second-order valence-corrected chi connectivity index (χ2v) is 9.22. The van der Waals surface area contributed by atoms with E-state index in [1.54, 1.807) is 6.07 Å². The lowest BCUT2D eigenvalue weighted by molar-refractivity contribution is -0.0537. The maximum absolute atomic E-state index is 10.9. The van der Waals surface area contributed by atoms with Crippen LogP contribution in [0.5, 0.6) is 11.5 Å². The summed E-state index contributed by atoms with van der Waals surface area (Å²) in [7, 11) is 0. The Morgan fingerprint density at radius 3 is 2.32 bits per heavy atom. The second kappa shape index (κ2) is 10.7. The fourth-order valence-electron chi connectivity index (χ4n) is 4.29. The van der Waals surface area contributed by atoms with E-state index in [4.69, 9.17) is 21.1 Å². The highest BCUT2D eigenvalue weighted by atomic mass is 35.5. The van der Waals surface area contributed by atoms with Gasteiger partial charge in [-0.1, -0.05) is 29.8 Å². The first-order chi connectivity index (χ1) is 15.1. The average molecular weight is 445 g/mol. The molecule has 0 saturated carbocycles. The predicted molar refractivity (Wildman–Crippen MR) is 124 cm³/mol. The van der Waals surface area contributed by atoms with Gasteiger partial charge in [-0.3, -0.25) is 9.80 Å². The summed E-state index contributed by atoms with van der Waals surface area (Å²) in [6.07, 6.45) is 4.03. The summed E-state index contributed by atoms with van der Waals surface area (Å²) < 4.78 is 11.7. The van der Waals surface area contributed by atoms with Crippen LogP contribution < -0.4 is 9.47 Å². The molecule has 2 fully saturated rings. The van der Waals surface area contributed by atoms with Crippen LogP contribution in [0.15, 0.2) is 48.5 Å². The first kappa shape index (κ1) is 22.4. The van der Waals surface area contributed by atoms with Gasteiger partial charge in [0.25, 0.3) is 0 Å². The zero-order valence-corrected chi connectivity index (χ0v) is 18.9. The molecule has 0 spiro atoms. The number of rotatable bonds is 9. The summed E-state index contributed by atoms with van der Waals surface area (Å²) >= 11 is 6.00. The Kier molecular flexibility index (Phi) is 7.72. The highest BCUT2D eigenvalue weighted by Crippen LogP contribution is 2.26. The molecule has 0 amide bonds. The monoisotopic (exact) mass is 444 g/mol. The van der Waals surface area contributed by atoms with Crippen molar-refractivity contribution in [3.05, 3.63) is 59.1 Å². The van der Waals surface area contributed by atoms with Crippen LogP contribution in [-0.2, 0) is 6.54 Å². The van der Waals surface area contributed by atoms with Crippen LogP contribution in [0.3, 0.4) is 0 Å². The molecule has 168 valence electrons. The summed E-state index contributed by atoms with van der Waals surface area (Å²) in [4.78, 5) is 4.85. The van der Waals surface area contributed by atoms with Gasteiger partial charge in [-0.15, -0.1) is 0 Å². The molecule has 0 radical (unpaired) electrons. The molecule has 2 heterocycles. The maximum atomic E-state index is 10.9. The van der Waals surface area contributed by atoms with E-state index in [0.29, 0.717) is 30.2 Å². The van der Waals surface area contributed by atoms with Crippen molar-refractivity contribution in [3.63, 3.8) is 0 Å². The van der Waals surface area contributed by atoms with E-state index >= 15 is 0 Å². The van der Waals surface area contributed by atoms with Crippen molar-refractivity contribution < 1.29 is 14.6 Å². The molecular formula is C25H33ClN2O3. The Hall–Kier alpha value is -1.79. The Balaban J connectivity index is 1.17. The van der Waals surface area contributed by atoms with Crippen molar-refractivity contribution in [2.45, 2.75) is 37.8 Å². The average Bonchev–Trinajstić information content (AvgIpc) is 3.29. The highest BCUT2D eigenvalue weighted by molar-refractivity contribution is 6.30. The van der Waals surface area contributed by atoms with Crippen LogP contribution in [0.1, 0.15) is 31.2 Å². The van der Waals surface area contributed by atoms with Gasteiger partial charge in [-0.05, 0) is 74.7 Å². The lowest BCUT2D eigenvalue weighted by Gasteiger charge is -2.38. The van der Waals surface area contributed by atoms with E-state index in [1.807, 2.05) is 18.2 Å². The molecule has 6 heteroatoms. The molecule has 0 aromatic heterocycles. The Morgan fingerprint density at radius 2 is 1.61 bits per heavy atom. The number of ether oxygens (including phenoxy) is 2. The van der Waals surface area contributed by atoms with Gasteiger partial charge >= 0.3 is 0 Å². The first-order valence-electron chi connectivity index (χ1n) is 11.4.